The Morgan fingerprint density at radius 1 is 0.833 bits per heavy atom. The Hall–Kier alpha value is -5.69. The van der Waals surface area contributed by atoms with Gasteiger partial charge in [-0.3, -0.25) is 19.2 Å². The molecule has 0 aliphatic carbocycles. The fourth-order valence-electron chi connectivity index (χ4n) is 5.19. The molecule has 4 rings (SSSR count). The van der Waals surface area contributed by atoms with Crippen LogP contribution in [0.15, 0.2) is 44.7 Å². The van der Waals surface area contributed by atoms with Gasteiger partial charge in [-0.2, -0.15) is 0 Å². The summed E-state index contributed by atoms with van der Waals surface area (Å²) in [6.07, 6.45) is 3.10. The standard InChI is InChI=1S/C36H42N2O16/c1-6-7-10-49-29(39)9-8-23(36(43)44)38-35(42)31-30-27(13-28(53-18-47-4)34(31)54-19-48-5)50-15-22(33(30)41)21-14-37-24-12-26(52-17-46-3)25(51-16-45-2)11-20(24)32(21)40/h11-15,23H,6-10,16-19H2,1-5H3,(H,37,40)(H,38,42)(H,43,44)/t23-/m0/s1. The van der Waals surface area contributed by atoms with Crippen molar-refractivity contribution in [2.45, 2.75) is 38.6 Å². The molecule has 0 aliphatic heterocycles. The van der Waals surface area contributed by atoms with Gasteiger partial charge in [0.05, 0.1) is 34.0 Å². The van der Waals surface area contributed by atoms with Crippen molar-refractivity contribution in [1.29, 1.82) is 0 Å². The molecule has 0 spiro atoms. The molecule has 0 saturated heterocycles. The van der Waals surface area contributed by atoms with Gasteiger partial charge in [-0.1, -0.05) is 13.3 Å². The highest BCUT2D eigenvalue weighted by Crippen LogP contribution is 2.38. The smallest absolute Gasteiger partial charge is 0.326 e. The predicted octanol–water partition coefficient (Wildman–Crippen LogP) is 3.54. The average Bonchev–Trinajstić information content (AvgIpc) is 3.16. The van der Waals surface area contributed by atoms with E-state index in [2.05, 4.69) is 10.3 Å². The SMILES string of the molecule is CCCCOC(=O)CC[C@H](NC(=O)c1c(OCOC)c(OCOC)cc2occ(-c3c[nH]c4cc(OCOC)c(OCOC)cc4c3=O)c(=O)c12)C(=O)O. The number of aromatic amines is 1. The van der Waals surface area contributed by atoms with Crippen LogP contribution in [0.1, 0.15) is 43.0 Å². The molecule has 0 aliphatic rings. The average molecular weight is 759 g/mol. The number of aliphatic carboxylic acids is 1. The zero-order chi connectivity index (χ0) is 39.2. The lowest BCUT2D eigenvalue weighted by molar-refractivity contribution is -0.144. The number of nitrogens with one attached hydrogen (secondary N) is 2. The highest BCUT2D eigenvalue weighted by atomic mass is 16.7. The monoisotopic (exact) mass is 758 g/mol. The molecule has 3 N–H and O–H groups in total. The van der Waals surface area contributed by atoms with Gasteiger partial charge in [0, 0.05) is 53.2 Å². The number of amides is 1. The number of carbonyl (C=O) groups is 3. The minimum absolute atomic E-state index is 0.103. The second-order valence-corrected chi connectivity index (χ2v) is 11.5. The number of fused-ring (bicyclic) bond motifs is 2. The van der Waals surface area contributed by atoms with Crippen LogP contribution in [0, 0.1) is 0 Å². The maximum absolute atomic E-state index is 14.4. The van der Waals surface area contributed by atoms with E-state index in [1.54, 1.807) is 0 Å². The van der Waals surface area contributed by atoms with Gasteiger partial charge in [-0.05, 0) is 18.9 Å². The van der Waals surface area contributed by atoms with Crippen molar-refractivity contribution in [1.82, 2.24) is 10.3 Å². The molecule has 0 fully saturated rings. The third-order valence-corrected chi connectivity index (χ3v) is 7.77. The van der Waals surface area contributed by atoms with Gasteiger partial charge in [-0.15, -0.1) is 0 Å². The molecule has 54 heavy (non-hydrogen) atoms. The van der Waals surface area contributed by atoms with E-state index in [1.165, 1.54) is 52.8 Å². The van der Waals surface area contributed by atoms with E-state index in [1.807, 2.05) is 6.92 Å². The first kappa shape index (κ1) is 41.1. The topological polar surface area (TPSA) is 230 Å². The van der Waals surface area contributed by atoms with Crippen molar-refractivity contribution in [3.63, 3.8) is 0 Å². The number of hydrogen-bond donors (Lipinski definition) is 3. The molecule has 18 heteroatoms. The number of benzene rings is 2. The first-order valence-corrected chi connectivity index (χ1v) is 16.6. The molecule has 1 amide bonds. The normalized spacial score (nSPS) is 11.6. The minimum Gasteiger partial charge on any atom is -0.480 e. The summed E-state index contributed by atoms with van der Waals surface area (Å²) < 4.78 is 53.6. The molecule has 1 atom stereocenters. The van der Waals surface area contributed by atoms with E-state index >= 15 is 0 Å². The summed E-state index contributed by atoms with van der Waals surface area (Å²) in [5.41, 5.74) is -2.21. The fourth-order valence-corrected chi connectivity index (χ4v) is 5.19. The zero-order valence-corrected chi connectivity index (χ0v) is 30.4. The summed E-state index contributed by atoms with van der Waals surface area (Å²) >= 11 is 0. The summed E-state index contributed by atoms with van der Waals surface area (Å²) in [5.74, 6) is -3.24. The number of unbranched alkanes of at least 4 members (excludes halogenated alkanes) is 1. The Kier molecular flexibility index (Phi) is 15.2. The lowest BCUT2D eigenvalue weighted by Crippen LogP contribution is -2.41. The Morgan fingerprint density at radius 3 is 2.09 bits per heavy atom. The molecule has 0 saturated carbocycles. The molecule has 2 aromatic heterocycles. The predicted molar refractivity (Wildman–Crippen MR) is 190 cm³/mol. The van der Waals surface area contributed by atoms with Crippen molar-refractivity contribution in [3.8, 4) is 34.1 Å². The number of carboxylic acids is 1. The zero-order valence-electron chi connectivity index (χ0n) is 30.4. The van der Waals surface area contributed by atoms with E-state index in [0.717, 1.165) is 12.7 Å². The van der Waals surface area contributed by atoms with Gasteiger partial charge < -0.3 is 62.5 Å². The van der Waals surface area contributed by atoms with Crippen molar-refractivity contribution < 1.29 is 66.5 Å². The number of ether oxygens (including phenoxy) is 9. The van der Waals surface area contributed by atoms with Crippen LogP contribution in [0.5, 0.6) is 23.0 Å². The van der Waals surface area contributed by atoms with Crippen LogP contribution in [0.3, 0.4) is 0 Å². The minimum atomic E-state index is -1.60. The van der Waals surface area contributed by atoms with Crippen LogP contribution < -0.4 is 35.1 Å². The lowest BCUT2D eigenvalue weighted by atomic mass is 10.00. The van der Waals surface area contributed by atoms with Crippen LogP contribution in [-0.4, -0.2) is 96.2 Å². The first-order chi connectivity index (χ1) is 26.1. The quantitative estimate of drug-likeness (QED) is 0.0591. The summed E-state index contributed by atoms with van der Waals surface area (Å²) in [5, 5.41) is 12.1. The van der Waals surface area contributed by atoms with E-state index in [0.29, 0.717) is 11.9 Å². The van der Waals surface area contributed by atoms with E-state index in [9.17, 15) is 29.1 Å². The van der Waals surface area contributed by atoms with Gasteiger partial charge in [0.25, 0.3) is 5.91 Å². The molecular weight excluding hydrogens is 716 g/mol. The third kappa shape index (κ3) is 9.84. The molecule has 0 bridgehead atoms. The molecule has 18 nitrogen and oxygen atoms in total. The number of methoxy groups -OCH3 is 4. The molecule has 4 aromatic rings. The molecule has 0 unspecified atom stereocenters. The maximum Gasteiger partial charge on any atom is 0.326 e. The first-order valence-electron chi connectivity index (χ1n) is 16.6. The van der Waals surface area contributed by atoms with Crippen molar-refractivity contribution in [2.24, 2.45) is 0 Å². The number of carbonyl (C=O) groups excluding carboxylic acids is 2. The fraction of sp³-hybridized carbons (Fsp3) is 0.417. The van der Waals surface area contributed by atoms with Crippen LogP contribution >= 0.6 is 0 Å². The number of hydrogen-bond acceptors (Lipinski definition) is 15. The van der Waals surface area contributed by atoms with E-state index in [-0.39, 0.29) is 90.3 Å². The van der Waals surface area contributed by atoms with Crippen LogP contribution in [0.4, 0.5) is 0 Å². The Balaban J connectivity index is 1.89. The van der Waals surface area contributed by atoms with Crippen molar-refractivity contribution in [3.05, 3.63) is 56.7 Å². The Bertz CT molecular complexity index is 2060. The lowest BCUT2D eigenvalue weighted by Gasteiger charge is -2.19. The molecule has 2 heterocycles. The summed E-state index contributed by atoms with van der Waals surface area (Å²) in [6, 6.07) is 2.59. The molecular formula is C36H42N2O16. The van der Waals surface area contributed by atoms with E-state index < -0.39 is 47.1 Å². The second-order valence-electron chi connectivity index (χ2n) is 11.5. The maximum atomic E-state index is 14.4. The number of pyridine rings is 1. The van der Waals surface area contributed by atoms with Gasteiger partial charge in [0.1, 0.15) is 23.5 Å². The number of esters is 1. The summed E-state index contributed by atoms with van der Waals surface area (Å²) in [6.45, 7) is 1.06. The molecule has 292 valence electrons. The molecule has 0 radical (unpaired) electrons. The van der Waals surface area contributed by atoms with Gasteiger partial charge in [0.15, 0.2) is 55.6 Å². The van der Waals surface area contributed by atoms with Crippen LogP contribution in [0.25, 0.3) is 33.0 Å². The number of carboxylic acid groups (broad SMARTS) is 1. The van der Waals surface area contributed by atoms with Gasteiger partial charge in [0.2, 0.25) is 5.43 Å². The summed E-state index contributed by atoms with van der Waals surface area (Å²) in [7, 11) is 5.52. The van der Waals surface area contributed by atoms with E-state index in [4.69, 9.17) is 47.0 Å². The second kappa shape index (κ2) is 20.0. The number of aromatic nitrogens is 1. The largest absolute Gasteiger partial charge is 0.480 e. The van der Waals surface area contributed by atoms with Crippen LogP contribution in [-0.2, 0) is 33.3 Å². The summed E-state index contributed by atoms with van der Waals surface area (Å²) in [4.78, 5) is 70.0. The number of H-pyrrole nitrogens is 1. The highest BCUT2D eigenvalue weighted by molar-refractivity contribution is 6.11. The number of rotatable bonds is 22. The van der Waals surface area contributed by atoms with Crippen molar-refractivity contribution >= 4 is 39.7 Å². The van der Waals surface area contributed by atoms with Gasteiger partial charge in [-0.25, -0.2) is 4.79 Å². The Labute approximate surface area is 308 Å². The molecule has 2 aromatic carbocycles. The van der Waals surface area contributed by atoms with Gasteiger partial charge >= 0.3 is 11.9 Å². The van der Waals surface area contributed by atoms with Crippen LogP contribution in [0.2, 0.25) is 0 Å². The highest BCUT2D eigenvalue weighted by Gasteiger charge is 2.30. The van der Waals surface area contributed by atoms with Crippen molar-refractivity contribution in [2.75, 3.05) is 62.2 Å². The third-order valence-electron chi connectivity index (χ3n) is 7.77. The Morgan fingerprint density at radius 2 is 1.46 bits per heavy atom.